The molecule has 3 rings (SSSR count). The van der Waals surface area contributed by atoms with Crippen LogP contribution in [0, 0.1) is 0 Å². The summed E-state index contributed by atoms with van der Waals surface area (Å²) in [5.74, 6) is 0.233. The lowest BCUT2D eigenvalue weighted by Gasteiger charge is -2.14. The molecule has 0 atom stereocenters. The largest absolute Gasteiger partial charge is 0.488 e. The van der Waals surface area contributed by atoms with Crippen LogP contribution in [0.4, 0.5) is 0 Å². The van der Waals surface area contributed by atoms with Gasteiger partial charge in [-0.2, -0.15) is 0 Å². The van der Waals surface area contributed by atoms with Crippen molar-refractivity contribution in [1.82, 2.24) is 4.90 Å². The average Bonchev–Trinajstić information content (AvgIpc) is 3.05. The lowest BCUT2D eigenvalue weighted by atomic mass is 10.1. The molecule has 1 amide bonds. The molecule has 0 N–H and O–H groups in total. The van der Waals surface area contributed by atoms with Gasteiger partial charge in [-0.1, -0.05) is 78.9 Å². The van der Waals surface area contributed by atoms with E-state index in [4.69, 9.17) is 33.3 Å². The zero-order chi connectivity index (χ0) is 22.9. The second kappa shape index (κ2) is 12.0. The summed E-state index contributed by atoms with van der Waals surface area (Å²) >= 11 is 12.9. The van der Waals surface area contributed by atoms with Crippen molar-refractivity contribution >= 4 is 57.9 Å². The molecule has 1 aliphatic rings. The lowest BCUT2D eigenvalue weighted by Crippen LogP contribution is -2.29. The summed E-state index contributed by atoms with van der Waals surface area (Å²) < 4.78 is 11.5. The number of carbonyl (C=O) groups is 2. The van der Waals surface area contributed by atoms with Crippen LogP contribution < -0.4 is 4.74 Å². The number of benzene rings is 2. The predicted octanol–water partition coefficient (Wildman–Crippen LogP) is 5.85. The third-order valence-electron chi connectivity index (χ3n) is 4.65. The molecule has 0 aromatic heterocycles. The second-order valence-corrected chi connectivity index (χ2v) is 9.16. The van der Waals surface area contributed by atoms with E-state index in [9.17, 15) is 9.59 Å². The van der Waals surface area contributed by atoms with E-state index in [0.29, 0.717) is 46.2 Å². The molecule has 1 aliphatic heterocycles. The Balaban J connectivity index is 1.64. The fourth-order valence-electron chi connectivity index (χ4n) is 3.01. The average molecular weight is 490 g/mol. The summed E-state index contributed by atoms with van der Waals surface area (Å²) in [5.41, 5.74) is 1.66. The van der Waals surface area contributed by atoms with Crippen LogP contribution in [0.2, 0.25) is 5.02 Å². The van der Waals surface area contributed by atoms with Gasteiger partial charge in [0.1, 0.15) is 16.7 Å². The number of halogens is 1. The Labute approximate surface area is 202 Å². The summed E-state index contributed by atoms with van der Waals surface area (Å²) in [7, 11) is 0. The number of carbonyl (C=O) groups excluding carboxylic acids is 2. The third-order valence-corrected chi connectivity index (χ3v) is 6.40. The highest BCUT2D eigenvalue weighted by Crippen LogP contribution is 2.34. The van der Waals surface area contributed by atoms with Gasteiger partial charge in [0.15, 0.2) is 0 Å². The normalized spacial score (nSPS) is 14.8. The van der Waals surface area contributed by atoms with Gasteiger partial charge in [-0.15, -0.1) is 0 Å². The number of esters is 1. The topological polar surface area (TPSA) is 55.8 Å². The first-order valence-corrected chi connectivity index (χ1v) is 12.0. The number of hydrogen-bond acceptors (Lipinski definition) is 6. The molecular formula is C24H24ClNO4S2. The maximum Gasteiger partial charge on any atom is 0.305 e. The van der Waals surface area contributed by atoms with Crippen LogP contribution in [-0.4, -0.2) is 34.2 Å². The Kier molecular flexibility index (Phi) is 9.14. The standard InChI is InChI=1S/C24H24ClNO4S2/c1-2-14-29-22(27)12-7-13-26-23(28)21(32-24(26)31)15-17-8-4-6-11-20(17)30-16-18-9-3-5-10-19(18)25/h3-6,8-11,15H,2,7,12-14,16H2,1H3/b21-15+. The Bertz CT molecular complexity index is 1020. The Morgan fingerprint density at radius 2 is 1.94 bits per heavy atom. The van der Waals surface area contributed by atoms with E-state index in [1.165, 1.54) is 16.7 Å². The molecule has 0 saturated carbocycles. The number of ether oxygens (including phenoxy) is 2. The minimum absolute atomic E-state index is 0.164. The SMILES string of the molecule is CCCOC(=O)CCCN1C(=O)/C(=C\c2ccccc2OCc2ccccc2Cl)SC1=S. The van der Waals surface area contributed by atoms with E-state index in [2.05, 4.69) is 0 Å². The van der Waals surface area contributed by atoms with E-state index in [-0.39, 0.29) is 18.3 Å². The van der Waals surface area contributed by atoms with Crippen molar-refractivity contribution in [3.63, 3.8) is 0 Å². The maximum atomic E-state index is 12.9. The van der Waals surface area contributed by atoms with E-state index in [1.807, 2.05) is 55.5 Å². The van der Waals surface area contributed by atoms with Crippen LogP contribution in [0.25, 0.3) is 6.08 Å². The second-order valence-electron chi connectivity index (χ2n) is 7.08. The molecule has 0 radical (unpaired) electrons. The van der Waals surface area contributed by atoms with Gasteiger partial charge in [0.2, 0.25) is 0 Å². The maximum absolute atomic E-state index is 12.9. The smallest absolute Gasteiger partial charge is 0.305 e. The molecule has 1 saturated heterocycles. The van der Waals surface area contributed by atoms with Gasteiger partial charge in [-0.25, -0.2) is 0 Å². The highest BCUT2D eigenvalue weighted by molar-refractivity contribution is 8.26. The predicted molar refractivity (Wildman–Crippen MR) is 133 cm³/mol. The fourth-order valence-corrected chi connectivity index (χ4v) is 4.50. The monoisotopic (exact) mass is 489 g/mol. The van der Waals surface area contributed by atoms with Gasteiger partial charge < -0.3 is 9.47 Å². The number of thioether (sulfide) groups is 1. The molecule has 0 aliphatic carbocycles. The number of hydrogen-bond donors (Lipinski definition) is 0. The van der Waals surface area contributed by atoms with E-state index in [1.54, 1.807) is 6.08 Å². The van der Waals surface area contributed by atoms with E-state index >= 15 is 0 Å². The highest BCUT2D eigenvalue weighted by atomic mass is 35.5. The number of thiocarbonyl (C=S) groups is 1. The Morgan fingerprint density at radius 3 is 2.72 bits per heavy atom. The van der Waals surface area contributed by atoms with Crippen molar-refractivity contribution in [3.05, 3.63) is 69.6 Å². The van der Waals surface area contributed by atoms with Crippen LogP contribution in [-0.2, 0) is 20.9 Å². The molecule has 168 valence electrons. The molecule has 2 aromatic rings. The van der Waals surface area contributed by atoms with Gasteiger partial charge in [0.05, 0.1) is 11.5 Å². The first-order chi connectivity index (χ1) is 15.5. The van der Waals surface area contributed by atoms with Crippen LogP contribution in [0.5, 0.6) is 5.75 Å². The molecular weight excluding hydrogens is 466 g/mol. The molecule has 8 heteroatoms. The Morgan fingerprint density at radius 1 is 1.19 bits per heavy atom. The molecule has 32 heavy (non-hydrogen) atoms. The summed E-state index contributed by atoms with van der Waals surface area (Å²) in [5, 5.41) is 0.643. The molecule has 1 heterocycles. The van der Waals surface area contributed by atoms with Crippen LogP contribution in [0.3, 0.4) is 0 Å². The minimum Gasteiger partial charge on any atom is -0.488 e. The van der Waals surface area contributed by atoms with Gasteiger partial charge in [0, 0.05) is 29.1 Å². The number of para-hydroxylation sites is 1. The number of amides is 1. The third kappa shape index (κ3) is 6.58. The highest BCUT2D eigenvalue weighted by Gasteiger charge is 2.31. The van der Waals surface area contributed by atoms with E-state index in [0.717, 1.165) is 17.5 Å². The van der Waals surface area contributed by atoms with Crippen LogP contribution in [0.15, 0.2) is 53.4 Å². The van der Waals surface area contributed by atoms with Crippen molar-refractivity contribution in [2.45, 2.75) is 32.8 Å². The first-order valence-electron chi connectivity index (χ1n) is 10.4. The lowest BCUT2D eigenvalue weighted by molar-refractivity contribution is -0.144. The van der Waals surface area contributed by atoms with Crippen molar-refractivity contribution in [1.29, 1.82) is 0 Å². The summed E-state index contributed by atoms with van der Waals surface area (Å²) in [4.78, 5) is 26.6. The fraction of sp³-hybridized carbons (Fsp3) is 0.292. The van der Waals surface area contributed by atoms with Gasteiger partial charge in [0.25, 0.3) is 5.91 Å². The summed E-state index contributed by atoms with van der Waals surface area (Å²) in [6.45, 7) is 3.06. The molecule has 0 spiro atoms. The number of nitrogens with zero attached hydrogens (tertiary/aromatic N) is 1. The van der Waals surface area contributed by atoms with Gasteiger partial charge in [-0.05, 0) is 31.1 Å². The number of rotatable bonds is 10. The summed E-state index contributed by atoms with van der Waals surface area (Å²) in [6, 6.07) is 15.0. The van der Waals surface area contributed by atoms with Crippen molar-refractivity contribution < 1.29 is 19.1 Å². The van der Waals surface area contributed by atoms with Gasteiger partial charge >= 0.3 is 5.97 Å². The molecule has 2 aromatic carbocycles. The molecule has 5 nitrogen and oxygen atoms in total. The van der Waals surface area contributed by atoms with Gasteiger partial charge in [-0.3, -0.25) is 14.5 Å². The first kappa shape index (κ1) is 24.3. The van der Waals surface area contributed by atoms with Crippen LogP contribution >= 0.6 is 35.6 Å². The Hall–Kier alpha value is -2.35. The summed E-state index contributed by atoms with van der Waals surface area (Å²) in [6.07, 6.45) is 3.33. The molecule has 0 unspecified atom stereocenters. The van der Waals surface area contributed by atoms with Crippen molar-refractivity contribution in [2.24, 2.45) is 0 Å². The molecule has 1 fully saturated rings. The van der Waals surface area contributed by atoms with Crippen LogP contribution in [0.1, 0.15) is 37.3 Å². The van der Waals surface area contributed by atoms with Crippen molar-refractivity contribution in [2.75, 3.05) is 13.2 Å². The zero-order valence-electron chi connectivity index (χ0n) is 17.7. The van der Waals surface area contributed by atoms with E-state index < -0.39 is 0 Å². The quantitative estimate of drug-likeness (QED) is 0.237. The van der Waals surface area contributed by atoms with Crippen molar-refractivity contribution in [3.8, 4) is 5.75 Å². The zero-order valence-corrected chi connectivity index (χ0v) is 20.1. The minimum atomic E-state index is -0.252. The molecule has 0 bridgehead atoms.